The number of carbonyl (C=O) groups excluding carboxylic acids is 1. The molecule has 3 rings (SSSR count). The molecule has 0 radical (unpaired) electrons. The van der Waals surface area contributed by atoms with Crippen molar-refractivity contribution in [1.29, 1.82) is 0 Å². The van der Waals surface area contributed by atoms with Gasteiger partial charge in [0.25, 0.3) is 5.56 Å². The molecule has 1 amide bonds. The predicted octanol–water partition coefficient (Wildman–Crippen LogP) is 4.12. The number of hydrogen-bond donors (Lipinski definition) is 2. The minimum atomic E-state index is -0.142. The maximum Gasteiger partial charge on any atom is 0.252 e. The zero-order valence-electron chi connectivity index (χ0n) is 18.2. The summed E-state index contributed by atoms with van der Waals surface area (Å²) >= 11 is 1.75. The second-order valence-corrected chi connectivity index (χ2v) is 7.42. The Balaban J connectivity index is 0.000000284. The van der Waals surface area contributed by atoms with Gasteiger partial charge in [-0.05, 0) is 56.6 Å². The van der Waals surface area contributed by atoms with E-state index in [1.165, 1.54) is 26.5 Å². The molecule has 0 fully saturated rings. The predicted molar refractivity (Wildman–Crippen MR) is 122 cm³/mol. The number of hydrogen-bond acceptors (Lipinski definition) is 5. The minimum absolute atomic E-state index is 0.142. The maximum atomic E-state index is 10.9. The van der Waals surface area contributed by atoms with Gasteiger partial charge in [0.05, 0.1) is 4.90 Å². The summed E-state index contributed by atoms with van der Waals surface area (Å²) in [5.41, 5.74) is 3.87. The molecule has 0 saturated heterocycles. The summed E-state index contributed by atoms with van der Waals surface area (Å²) in [6, 6.07) is 7.38. The number of pyridine rings is 1. The molecule has 158 valence electrons. The molecule has 1 aromatic carbocycles. The van der Waals surface area contributed by atoms with Gasteiger partial charge in [-0.25, -0.2) is 4.31 Å². The number of carbonyl (C=O) groups is 1. The van der Waals surface area contributed by atoms with E-state index >= 15 is 0 Å². The molecule has 0 saturated carbocycles. The first-order chi connectivity index (χ1) is 13.8. The van der Waals surface area contributed by atoms with Crippen LogP contribution < -0.4 is 10.9 Å². The van der Waals surface area contributed by atoms with E-state index in [-0.39, 0.29) is 5.56 Å². The molecule has 8 heteroatoms. The number of anilines is 1. The van der Waals surface area contributed by atoms with Gasteiger partial charge in [0.1, 0.15) is 5.52 Å². The van der Waals surface area contributed by atoms with Crippen molar-refractivity contribution < 1.29 is 4.79 Å². The van der Waals surface area contributed by atoms with Crippen LogP contribution in [0.1, 0.15) is 32.0 Å². The molecule has 2 N–H and O–H groups in total. The van der Waals surface area contributed by atoms with Crippen molar-refractivity contribution in [2.75, 3.05) is 18.9 Å². The van der Waals surface area contributed by atoms with Crippen molar-refractivity contribution in [3.05, 3.63) is 52.1 Å². The van der Waals surface area contributed by atoms with Crippen LogP contribution >= 0.6 is 11.9 Å². The third-order valence-electron chi connectivity index (χ3n) is 3.99. The fourth-order valence-corrected chi connectivity index (χ4v) is 3.30. The van der Waals surface area contributed by atoms with Crippen LogP contribution in [0.15, 0.2) is 40.2 Å². The molecule has 2 aromatic heterocycles. The highest BCUT2D eigenvalue weighted by atomic mass is 32.2. The van der Waals surface area contributed by atoms with Crippen molar-refractivity contribution >= 4 is 34.9 Å². The minimum Gasteiger partial charge on any atom is -0.328 e. The number of aromatic nitrogens is 3. The summed E-state index contributed by atoms with van der Waals surface area (Å²) in [6.07, 6.45) is 2.13. The maximum absolute atomic E-state index is 10.9. The Morgan fingerprint density at radius 2 is 1.97 bits per heavy atom. The summed E-state index contributed by atoms with van der Waals surface area (Å²) in [7, 11) is 3.74. The standard InChI is InChI=1S/C12H17N3S.C7H8N2O2.C2H6/c1-5-15(4)16-11-7-8(2)6-10-9(3)13-14-12(10)11;1-9-3-2-6(8-5-10)4-7(9)11;1-2/h6-7H,5H2,1-4H3,(H,13,14);2-5H,1H3,(H,8,10);1-2H3. The van der Waals surface area contributed by atoms with Gasteiger partial charge in [0, 0.05) is 42.6 Å². The van der Waals surface area contributed by atoms with Crippen molar-refractivity contribution in [3.8, 4) is 0 Å². The van der Waals surface area contributed by atoms with Gasteiger partial charge in [0.2, 0.25) is 6.41 Å². The van der Waals surface area contributed by atoms with Crippen LogP contribution in [0.3, 0.4) is 0 Å². The van der Waals surface area contributed by atoms with Crippen LogP contribution in [0.5, 0.6) is 0 Å². The molecule has 7 nitrogen and oxygen atoms in total. The zero-order chi connectivity index (χ0) is 22.0. The molecule has 0 bridgehead atoms. The van der Waals surface area contributed by atoms with Crippen LogP contribution in [0.2, 0.25) is 0 Å². The number of rotatable bonds is 5. The van der Waals surface area contributed by atoms with E-state index < -0.39 is 0 Å². The highest BCUT2D eigenvalue weighted by Gasteiger charge is 2.10. The highest BCUT2D eigenvalue weighted by Crippen LogP contribution is 2.30. The van der Waals surface area contributed by atoms with E-state index in [1.54, 1.807) is 31.3 Å². The summed E-state index contributed by atoms with van der Waals surface area (Å²) < 4.78 is 3.63. The lowest BCUT2D eigenvalue weighted by molar-refractivity contribution is -0.105. The van der Waals surface area contributed by atoms with Crippen LogP contribution in [0.4, 0.5) is 5.69 Å². The van der Waals surface area contributed by atoms with E-state index in [0.717, 1.165) is 17.8 Å². The Kier molecular flexibility index (Phi) is 10.2. The lowest BCUT2D eigenvalue weighted by Gasteiger charge is -2.13. The zero-order valence-corrected chi connectivity index (χ0v) is 19.1. The molecule has 0 aliphatic rings. The quantitative estimate of drug-likeness (QED) is 0.482. The number of benzene rings is 1. The summed E-state index contributed by atoms with van der Waals surface area (Å²) in [5, 5.41) is 11.0. The van der Waals surface area contributed by atoms with Crippen LogP contribution in [0, 0.1) is 13.8 Å². The fourth-order valence-electron chi connectivity index (χ4n) is 2.36. The molecule has 0 spiro atoms. The van der Waals surface area contributed by atoms with Gasteiger partial charge in [-0.3, -0.25) is 14.7 Å². The first-order valence-corrected chi connectivity index (χ1v) is 10.3. The number of nitrogens with zero attached hydrogens (tertiary/aromatic N) is 3. The normalized spacial score (nSPS) is 10.1. The topological polar surface area (TPSA) is 83.0 Å². The van der Waals surface area contributed by atoms with E-state index in [2.05, 4.69) is 59.8 Å². The second kappa shape index (κ2) is 12.1. The fraction of sp³-hybridized carbons (Fsp3) is 0.381. The van der Waals surface area contributed by atoms with Gasteiger partial charge in [-0.1, -0.05) is 20.8 Å². The molecular weight excluding hydrogens is 386 g/mol. The number of fused-ring (bicyclic) bond motifs is 1. The highest BCUT2D eigenvalue weighted by molar-refractivity contribution is 7.97. The van der Waals surface area contributed by atoms with Gasteiger partial charge in [-0.2, -0.15) is 5.10 Å². The van der Waals surface area contributed by atoms with Gasteiger partial charge in [-0.15, -0.1) is 0 Å². The second-order valence-electron chi connectivity index (χ2n) is 6.17. The van der Waals surface area contributed by atoms with Gasteiger partial charge >= 0.3 is 0 Å². The third kappa shape index (κ3) is 7.07. The Morgan fingerprint density at radius 1 is 1.28 bits per heavy atom. The number of aromatic amines is 1. The molecule has 0 unspecified atom stereocenters. The van der Waals surface area contributed by atoms with Crippen molar-refractivity contribution in [2.24, 2.45) is 7.05 Å². The lowest BCUT2D eigenvalue weighted by atomic mass is 10.1. The van der Waals surface area contributed by atoms with Gasteiger partial charge < -0.3 is 9.88 Å². The van der Waals surface area contributed by atoms with E-state index in [4.69, 9.17) is 0 Å². The van der Waals surface area contributed by atoms with Crippen molar-refractivity contribution in [1.82, 2.24) is 19.1 Å². The van der Waals surface area contributed by atoms with Crippen LogP contribution in [-0.4, -0.2) is 39.1 Å². The molecule has 0 aliphatic heterocycles. The monoisotopic (exact) mass is 417 g/mol. The van der Waals surface area contributed by atoms with Crippen LogP contribution in [-0.2, 0) is 11.8 Å². The number of aryl methyl sites for hydroxylation is 3. The Hall–Kier alpha value is -2.58. The number of H-pyrrole nitrogens is 1. The average molecular weight is 418 g/mol. The summed E-state index contributed by atoms with van der Waals surface area (Å²) in [5.74, 6) is 0. The Labute approximate surface area is 176 Å². The molecule has 3 aromatic rings. The van der Waals surface area contributed by atoms with Crippen molar-refractivity contribution in [2.45, 2.75) is 39.5 Å². The molecule has 0 aliphatic carbocycles. The SMILES string of the molecule is CC.CCN(C)Sc1cc(C)cc2c(C)[nH]nc12.Cn1ccc(NC=O)cc1=O. The Bertz CT molecular complexity index is 981. The van der Waals surface area contributed by atoms with E-state index in [0.29, 0.717) is 12.1 Å². The molecular formula is C21H31N5O2S. The van der Waals surface area contributed by atoms with E-state index in [9.17, 15) is 9.59 Å². The number of amides is 1. The molecule has 2 heterocycles. The molecule has 0 atom stereocenters. The summed E-state index contributed by atoms with van der Waals surface area (Å²) in [4.78, 5) is 22.1. The van der Waals surface area contributed by atoms with Crippen LogP contribution in [0.25, 0.3) is 10.9 Å². The van der Waals surface area contributed by atoms with Crippen molar-refractivity contribution in [3.63, 3.8) is 0 Å². The lowest BCUT2D eigenvalue weighted by Crippen LogP contribution is -2.15. The first kappa shape index (κ1) is 24.5. The third-order valence-corrected chi connectivity index (χ3v) is 5.07. The largest absolute Gasteiger partial charge is 0.328 e. The average Bonchev–Trinajstić information content (AvgIpc) is 3.08. The Morgan fingerprint density at radius 3 is 2.55 bits per heavy atom. The number of nitrogens with one attached hydrogen (secondary N) is 2. The smallest absolute Gasteiger partial charge is 0.252 e. The molecule has 29 heavy (non-hydrogen) atoms. The van der Waals surface area contributed by atoms with Gasteiger partial charge in [0.15, 0.2) is 0 Å². The summed E-state index contributed by atoms with van der Waals surface area (Å²) in [6.45, 7) is 11.4. The first-order valence-electron chi connectivity index (χ1n) is 9.57. The van der Waals surface area contributed by atoms with E-state index in [1.807, 2.05) is 13.8 Å².